The third kappa shape index (κ3) is 2.50. The number of rotatable bonds is 2. The summed E-state index contributed by atoms with van der Waals surface area (Å²) in [6.07, 6.45) is -3.65. The lowest BCUT2D eigenvalue weighted by Crippen LogP contribution is -2.39. The van der Waals surface area contributed by atoms with E-state index in [-0.39, 0.29) is 37.9 Å². The zero-order valence-corrected chi connectivity index (χ0v) is 14.1. The van der Waals surface area contributed by atoms with Crippen molar-refractivity contribution in [2.45, 2.75) is 17.0 Å². The van der Waals surface area contributed by atoms with E-state index in [1.807, 2.05) is 0 Å². The molecule has 1 aromatic carbocycles. The number of thioether (sulfide) groups is 1. The number of nitrogens with zero attached hydrogens (tertiary/aromatic N) is 2. The number of anilines is 2. The summed E-state index contributed by atoms with van der Waals surface area (Å²) in [7, 11) is 0. The van der Waals surface area contributed by atoms with Crippen LogP contribution in [-0.4, -0.2) is 23.0 Å². The van der Waals surface area contributed by atoms with E-state index in [0.717, 1.165) is 11.3 Å². The Morgan fingerprint density at radius 1 is 1.31 bits per heavy atom. The molecule has 3 heterocycles. The van der Waals surface area contributed by atoms with Crippen LogP contribution in [0.25, 0.3) is 0 Å². The Balaban J connectivity index is 1.82. The Hall–Kier alpha value is -2.40. The normalized spacial score (nSPS) is 19.0. The first-order valence-electron chi connectivity index (χ1n) is 7.11. The van der Waals surface area contributed by atoms with Crippen LogP contribution in [0.1, 0.15) is 11.5 Å². The number of carbonyl (C=O) groups is 2. The molecule has 11 heteroatoms. The maximum Gasteiger partial charge on any atom is 0.435 e. The van der Waals surface area contributed by atoms with Crippen molar-refractivity contribution in [3.05, 3.63) is 46.2 Å². The van der Waals surface area contributed by atoms with E-state index in [1.165, 1.54) is 24.4 Å². The molecule has 1 atom stereocenters. The van der Waals surface area contributed by atoms with Crippen LogP contribution in [0.3, 0.4) is 0 Å². The number of nitrogens with one attached hydrogen (secondary N) is 1. The fourth-order valence-electron chi connectivity index (χ4n) is 2.88. The first-order chi connectivity index (χ1) is 12.3. The van der Waals surface area contributed by atoms with Gasteiger partial charge in [0, 0.05) is 16.5 Å². The van der Waals surface area contributed by atoms with Gasteiger partial charge in [-0.25, -0.2) is 4.98 Å². The van der Waals surface area contributed by atoms with Gasteiger partial charge in [0.05, 0.1) is 5.69 Å². The van der Waals surface area contributed by atoms with Crippen LogP contribution in [-0.2, 0) is 9.59 Å². The van der Waals surface area contributed by atoms with E-state index in [4.69, 9.17) is 0 Å². The summed E-state index contributed by atoms with van der Waals surface area (Å²) in [5.74, 6) is -3.48. The Labute approximate surface area is 151 Å². The quantitative estimate of drug-likeness (QED) is 0.610. The van der Waals surface area contributed by atoms with Gasteiger partial charge in [-0.05, 0) is 11.6 Å². The SMILES string of the molecule is O=C(Nc1nccs1)C1C(=O)N2C(C(F)(F)F)=C(F)Sc3cccc1c32. The van der Waals surface area contributed by atoms with Crippen molar-refractivity contribution >= 4 is 45.7 Å². The summed E-state index contributed by atoms with van der Waals surface area (Å²) < 4.78 is 54.1. The number of carbonyl (C=O) groups excluding carboxylic acids is 2. The molecule has 1 unspecified atom stereocenters. The monoisotopic (exact) mass is 401 g/mol. The van der Waals surface area contributed by atoms with Crippen molar-refractivity contribution in [2.24, 2.45) is 0 Å². The van der Waals surface area contributed by atoms with Crippen LogP contribution in [0.15, 0.2) is 45.5 Å². The summed E-state index contributed by atoms with van der Waals surface area (Å²) in [6.45, 7) is 0. The molecule has 1 aromatic heterocycles. The van der Waals surface area contributed by atoms with Crippen molar-refractivity contribution in [2.75, 3.05) is 10.2 Å². The van der Waals surface area contributed by atoms with Gasteiger partial charge in [-0.3, -0.25) is 14.5 Å². The van der Waals surface area contributed by atoms with Crippen molar-refractivity contribution in [3.63, 3.8) is 0 Å². The summed E-state index contributed by atoms with van der Waals surface area (Å²) in [6, 6.07) is 4.26. The molecule has 0 saturated carbocycles. The lowest BCUT2D eigenvalue weighted by atomic mass is 10.00. The second-order valence-electron chi connectivity index (χ2n) is 5.35. The molecule has 0 aliphatic carbocycles. The highest BCUT2D eigenvalue weighted by Crippen LogP contribution is 2.55. The van der Waals surface area contributed by atoms with Gasteiger partial charge in [0.1, 0.15) is 5.92 Å². The minimum atomic E-state index is -5.09. The van der Waals surface area contributed by atoms with Gasteiger partial charge < -0.3 is 5.32 Å². The molecule has 1 N–H and O–H groups in total. The predicted octanol–water partition coefficient (Wildman–Crippen LogP) is 4.02. The molecular weight excluding hydrogens is 394 g/mol. The number of aromatic nitrogens is 1. The minimum absolute atomic E-state index is 0.100. The van der Waals surface area contributed by atoms with E-state index >= 15 is 0 Å². The number of benzene rings is 1. The summed E-state index contributed by atoms with van der Waals surface area (Å²) in [5, 5.41) is 2.68. The fraction of sp³-hybridized carbons (Fsp3) is 0.133. The number of amides is 2. The van der Waals surface area contributed by atoms with E-state index < -0.39 is 34.8 Å². The fourth-order valence-corrected chi connectivity index (χ4v) is 4.36. The topological polar surface area (TPSA) is 62.3 Å². The van der Waals surface area contributed by atoms with Crippen molar-refractivity contribution in [3.8, 4) is 0 Å². The van der Waals surface area contributed by atoms with Gasteiger partial charge in [0.25, 0.3) is 0 Å². The molecule has 2 aliphatic heterocycles. The van der Waals surface area contributed by atoms with Gasteiger partial charge in [-0.15, -0.1) is 11.3 Å². The number of para-hydroxylation sites is 1. The third-order valence-corrected chi connectivity index (χ3v) is 5.45. The molecule has 5 nitrogen and oxygen atoms in total. The second-order valence-corrected chi connectivity index (χ2v) is 7.25. The molecule has 2 amide bonds. The number of thiazole rings is 1. The average Bonchev–Trinajstić information content (AvgIpc) is 3.14. The van der Waals surface area contributed by atoms with Gasteiger partial charge in [-0.1, -0.05) is 23.9 Å². The molecule has 4 rings (SSSR count). The zero-order chi connectivity index (χ0) is 18.6. The first-order valence-corrected chi connectivity index (χ1v) is 8.80. The molecule has 0 fully saturated rings. The summed E-state index contributed by atoms with van der Waals surface area (Å²) in [4.78, 5) is 29.5. The van der Waals surface area contributed by atoms with Gasteiger partial charge in [0.15, 0.2) is 16.0 Å². The summed E-state index contributed by atoms with van der Waals surface area (Å²) in [5.41, 5.74) is -1.70. The molecule has 0 saturated heterocycles. The predicted molar refractivity (Wildman–Crippen MR) is 87.5 cm³/mol. The van der Waals surface area contributed by atoms with Crippen LogP contribution < -0.4 is 10.2 Å². The van der Waals surface area contributed by atoms with Crippen molar-refractivity contribution in [1.82, 2.24) is 4.98 Å². The van der Waals surface area contributed by atoms with Crippen LogP contribution >= 0.6 is 23.1 Å². The largest absolute Gasteiger partial charge is 0.435 e. The Morgan fingerprint density at radius 2 is 2.08 bits per heavy atom. The highest BCUT2D eigenvalue weighted by molar-refractivity contribution is 8.03. The zero-order valence-electron chi connectivity index (χ0n) is 12.5. The molecule has 2 aromatic rings. The summed E-state index contributed by atoms with van der Waals surface area (Å²) >= 11 is 1.38. The molecule has 26 heavy (non-hydrogen) atoms. The van der Waals surface area contributed by atoms with Gasteiger partial charge in [0.2, 0.25) is 11.8 Å². The molecule has 0 bridgehead atoms. The number of hydrogen-bond donors (Lipinski definition) is 1. The first kappa shape index (κ1) is 17.0. The molecule has 2 aliphatic rings. The van der Waals surface area contributed by atoms with Gasteiger partial charge in [-0.2, -0.15) is 17.6 Å². The van der Waals surface area contributed by atoms with E-state index in [2.05, 4.69) is 10.3 Å². The maximum absolute atomic E-state index is 14.1. The van der Waals surface area contributed by atoms with Crippen molar-refractivity contribution < 1.29 is 27.2 Å². The maximum atomic E-state index is 14.1. The number of alkyl halides is 3. The smallest absolute Gasteiger partial charge is 0.301 e. The number of hydrogen-bond acceptors (Lipinski definition) is 5. The van der Waals surface area contributed by atoms with Crippen molar-refractivity contribution in [1.29, 1.82) is 0 Å². The van der Waals surface area contributed by atoms with Crippen LogP contribution in [0.5, 0.6) is 0 Å². The lowest BCUT2D eigenvalue weighted by Gasteiger charge is -2.28. The van der Waals surface area contributed by atoms with E-state index in [0.29, 0.717) is 0 Å². The molecule has 0 spiro atoms. The van der Waals surface area contributed by atoms with E-state index in [9.17, 15) is 27.2 Å². The molecule has 0 radical (unpaired) electrons. The van der Waals surface area contributed by atoms with Crippen LogP contribution in [0, 0.1) is 0 Å². The highest BCUT2D eigenvalue weighted by Gasteiger charge is 2.54. The van der Waals surface area contributed by atoms with Crippen LogP contribution in [0.2, 0.25) is 0 Å². The Bertz CT molecular complexity index is 956. The standard InChI is InChI=1S/C15H7F4N3O2S2/c16-11-10(15(17,18)19)22-9-6(2-1-3-7(9)26-11)8(13(22)24)12(23)21-14-20-4-5-25-14/h1-5,8H,(H,20,21,23). The minimum Gasteiger partial charge on any atom is -0.301 e. The Morgan fingerprint density at radius 3 is 2.73 bits per heavy atom. The molecule has 134 valence electrons. The number of allylic oxidation sites excluding steroid dienone is 1. The van der Waals surface area contributed by atoms with E-state index in [1.54, 1.807) is 5.38 Å². The number of halogens is 4. The average molecular weight is 401 g/mol. The van der Waals surface area contributed by atoms with Gasteiger partial charge >= 0.3 is 6.18 Å². The van der Waals surface area contributed by atoms with Crippen LogP contribution in [0.4, 0.5) is 28.4 Å². The Kier molecular flexibility index (Phi) is 3.81. The second kappa shape index (κ2) is 5.81. The third-order valence-electron chi connectivity index (χ3n) is 3.83. The molecular formula is C15H7F4N3O2S2. The lowest BCUT2D eigenvalue weighted by molar-refractivity contribution is -0.129. The highest BCUT2D eigenvalue weighted by atomic mass is 32.2.